The summed E-state index contributed by atoms with van der Waals surface area (Å²) in [6.45, 7) is 0. The second-order valence-electron chi connectivity index (χ2n) is 7.50. The Bertz CT molecular complexity index is 1040. The quantitative estimate of drug-likeness (QED) is 0.347. The first kappa shape index (κ1) is 17.6. The van der Waals surface area contributed by atoms with E-state index in [2.05, 4.69) is 22.0 Å². The lowest BCUT2D eigenvalue weighted by Gasteiger charge is -2.13. The molecule has 2 aromatic rings. The van der Waals surface area contributed by atoms with Gasteiger partial charge in [0.25, 0.3) is 11.8 Å². The molecule has 29 heavy (non-hydrogen) atoms. The number of rotatable bonds is 4. The SMILES string of the molecule is COC(=O)c1ccc(-c2ccc(C=NN3C(=O)C4C5C=CC(C5)C4C3=O)o2)cc1. The summed E-state index contributed by atoms with van der Waals surface area (Å²) in [5, 5.41) is 5.11. The number of hydrazone groups is 1. The Hall–Kier alpha value is -3.48. The minimum Gasteiger partial charge on any atom is -0.465 e. The van der Waals surface area contributed by atoms with Crippen molar-refractivity contribution in [2.75, 3.05) is 7.11 Å². The number of nitrogens with zero attached hydrogens (tertiary/aromatic N) is 2. The highest BCUT2D eigenvalue weighted by Crippen LogP contribution is 2.52. The molecular weight excluding hydrogens is 372 g/mol. The van der Waals surface area contributed by atoms with Crippen molar-refractivity contribution in [2.45, 2.75) is 6.42 Å². The van der Waals surface area contributed by atoms with Crippen LogP contribution in [0.1, 0.15) is 22.5 Å². The van der Waals surface area contributed by atoms with E-state index in [0.717, 1.165) is 17.0 Å². The minimum absolute atomic E-state index is 0.157. The lowest BCUT2D eigenvalue weighted by molar-refractivity contribution is -0.140. The standard InChI is InChI=1S/C22H18N2O5/c1-28-22(27)13-4-2-12(3-5-13)17-9-8-16(29-17)11-23-24-20(25)18-14-6-7-15(10-14)19(18)21(24)26/h2-9,11,14-15,18-19H,10H2,1H3. The van der Waals surface area contributed by atoms with Crippen molar-refractivity contribution in [3.05, 3.63) is 59.9 Å². The van der Waals surface area contributed by atoms with E-state index in [0.29, 0.717) is 17.1 Å². The molecule has 0 radical (unpaired) electrons. The topological polar surface area (TPSA) is 89.2 Å². The van der Waals surface area contributed by atoms with Crippen molar-refractivity contribution in [3.8, 4) is 11.3 Å². The molecule has 4 unspecified atom stereocenters. The van der Waals surface area contributed by atoms with Crippen molar-refractivity contribution in [3.63, 3.8) is 0 Å². The number of imide groups is 1. The highest BCUT2D eigenvalue weighted by Gasteiger charge is 2.59. The van der Waals surface area contributed by atoms with Crippen molar-refractivity contribution >= 4 is 24.0 Å². The van der Waals surface area contributed by atoms with E-state index < -0.39 is 5.97 Å². The number of carbonyl (C=O) groups is 3. The summed E-state index contributed by atoms with van der Waals surface area (Å²) in [4.78, 5) is 36.8. The number of methoxy groups -OCH3 is 1. The Balaban J connectivity index is 1.32. The zero-order valence-electron chi connectivity index (χ0n) is 15.6. The van der Waals surface area contributed by atoms with Gasteiger partial charge in [0.15, 0.2) is 0 Å². The van der Waals surface area contributed by atoms with Crippen molar-refractivity contribution in [2.24, 2.45) is 28.8 Å². The lowest BCUT2D eigenvalue weighted by Crippen LogP contribution is -2.28. The number of benzene rings is 1. The van der Waals surface area contributed by atoms with Crippen LogP contribution in [0.25, 0.3) is 11.3 Å². The molecule has 7 nitrogen and oxygen atoms in total. The molecule has 0 spiro atoms. The maximum Gasteiger partial charge on any atom is 0.337 e. The highest BCUT2D eigenvalue weighted by atomic mass is 16.5. The zero-order valence-corrected chi connectivity index (χ0v) is 15.6. The Labute approximate surface area is 166 Å². The van der Waals surface area contributed by atoms with Gasteiger partial charge in [-0.3, -0.25) is 9.59 Å². The fourth-order valence-electron chi connectivity index (χ4n) is 4.58. The molecule has 2 aliphatic carbocycles. The number of carbonyl (C=O) groups excluding carboxylic acids is 3. The summed E-state index contributed by atoms with van der Waals surface area (Å²) in [6.07, 6.45) is 6.38. The van der Waals surface area contributed by atoms with Crippen LogP contribution in [0.3, 0.4) is 0 Å². The summed E-state index contributed by atoms with van der Waals surface area (Å²) < 4.78 is 10.4. The van der Waals surface area contributed by atoms with Crippen LogP contribution in [0.4, 0.5) is 0 Å². The summed E-state index contributed by atoms with van der Waals surface area (Å²) in [5.74, 6) is -0.0643. The average molecular weight is 390 g/mol. The molecule has 0 N–H and O–H groups in total. The average Bonchev–Trinajstić information content (AvgIpc) is 3.51. The number of esters is 1. The number of hydrogen-bond donors (Lipinski definition) is 0. The molecule has 1 aromatic heterocycles. The minimum atomic E-state index is -0.405. The van der Waals surface area contributed by atoms with E-state index >= 15 is 0 Å². The molecule has 4 atom stereocenters. The molecule has 5 rings (SSSR count). The molecule has 7 heteroatoms. The smallest absolute Gasteiger partial charge is 0.337 e. The first-order valence-electron chi connectivity index (χ1n) is 9.45. The molecule has 1 aromatic carbocycles. The van der Waals surface area contributed by atoms with Crippen LogP contribution in [0.2, 0.25) is 0 Å². The molecule has 146 valence electrons. The van der Waals surface area contributed by atoms with E-state index in [9.17, 15) is 14.4 Å². The summed E-state index contributed by atoms with van der Waals surface area (Å²) >= 11 is 0. The van der Waals surface area contributed by atoms with Gasteiger partial charge in [-0.1, -0.05) is 24.3 Å². The van der Waals surface area contributed by atoms with Crippen LogP contribution >= 0.6 is 0 Å². The normalized spacial score (nSPS) is 27.3. The Morgan fingerprint density at radius 2 is 1.72 bits per heavy atom. The van der Waals surface area contributed by atoms with Crippen LogP contribution in [0.5, 0.6) is 0 Å². The van der Waals surface area contributed by atoms with Gasteiger partial charge in [-0.15, -0.1) is 0 Å². The van der Waals surface area contributed by atoms with E-state index in [-0.39, 0.29) is 35.5 Å². The number of amides is 2. The number of allylic oxidation sites excluding steroid dienone is 2. The predicted octanol–water partition coefficient (Wildman–Crippen LogP) is 2.87. The molecule has 2 fully saturated rings. The number of ether oxygens (including phenoxy) is 1. The van der Waals surface area contributed by atoms with Crippen LogP contribution in [0, 0.1) is 23.7 Å². The van der Waals surface area contributed by atoms with Gasteiger partial charge < -0.3 is 9.15 Å². The third kappa shape index (κ3) is 2.73. The fourth-order valence-corrected chi connectivity index (χ4v) is 4.58. The molecule has 2 bridgehead atoms. The summed E-state index contributed by atoms with van der Waals surface area (Å²) in [5.41, 5.74) is 1.23. The second kappa shape index (κ2) is 6.55. The largest absolute Gasteiger partial charge is 0.465 e. The van der Waals surface area contributed by atoms with Crippen molar-refractivity contribution in [1.82, 2.24) is 5.01 Å². The fraction of sp³-hybridized carbons (Fsp3) is 0.273. The predicted molar refractivity (Wildman–Crippen MR) is 103 cm³/mol. The molecule has 3 aliphatic rings. The Kier molecular flexibility index (Phi) is 3.97. The third-order valence-electron chi connectivity index (χ3n) is 5.96. The van der Waals surface area contributed by atoms with Crippen LogP contribution in [-0.2, 0) is 14.3 Å². The molecule has 1 saturated carbocycles. The van der Waals surface area contributed by atoms with Gasteiger partial charge in [0.2, 0.25) is 0 Å². The Morgan fingerprint density at radius 1 is 1.07 bits per heavy atom. The Morgan fingerprint density at radius 3 is 2.34 bits per heavy atom. The zero-order chi connectivity index (χ0) is 20.1. The maximum atomic E-state index is 12.6. The summed E-state index contributed by atoms with van der Waals surface area (Å²) in [7, 11) is 1.33. The van der Waals surface area contributed by atoms with E-state index in [1.54, 1.807) is 36.4 Å². The van der Waals surface area contributed by atoms with E-state index in [1.807, 2.05) is 0 Å². The maximum absolute atomic E-state index is 12.6. The van der Waals surface area contributed by atoms with Gasteiger partial charge in [0.1, 0.15) is 11.5 Å². The monoisotopic (exact) mass is 390 g/mol. The first-order chi connectivity index (χ1) is 14.1. The van der Waals surface area contributed by atoms with Gasteiger partial charge >= 0.3 is 5.97 Å². The van der Waals surface area contributed by atoms with Gasteiger partial charge in [-0.2, -0.15) is 10.1 Å². The van der Waals surface area contributed by atoms with E-state index in [4.69, 9.17) is 4.42 Å². The molecule has 2 heterocycles. The molecular formula is C22H18N2O5. The lowest BCUT2D eigenvalue weighted by atomic mass is 9.85. The van der Waals surface area contributed by atoms with Gasteiger partial charge in [-0.25, -0.2) is 4.79 Å². The van der Waals surface area contributed by atoms with Crippen molar-refractivity contribution in [1.29, 1.82) is 0 Å². The first-order valence-corrected chi connectivity index (χ1v) is 9.45. The number of hydrogen-bond acceptors (Lipinski definition) is 6. The highest BCUT2D eigenvalue weighted by molar-refractivity contribution is 6.06. The molecule has 1 saturated heterocycles. The van der Waals surface area contributed by atoms with Crippen LogP contribution in [-0.4, -0.2) is 36.1 Å². The van der Waals surface area contributed by atoms with Crippen LogP contribution in [0.15, 0.2) is 58.1 Å². The van der Waals surface area contributed by atoms with Crippen molar-refractivity contribution < 1.29 is 23.5 Å². The van der Waals surface area contributed by atoms with Gasteiger partial charge in [0, 0.05) is 5.56 Å². The number of furan rings is 1. The van der Waals surface area contributed by atoms with Gasteiger partial charge in [-0.05, 0) is 42.5 Å². The second-order valence-corrected chi connectivity index (χ2v) is 7.50. The molecule has 2 amide bonds. The van der Waals surface area contributed by atoms with Crippen LogP contribution < -0.4 is 0 Å². The molecule has 1 aliphatic heterocycles. The van der Waals surface area contributed by atoms with Gasteiger partial charge in [0.05, 0.1) is 30.7 Å². The van der Waals surface area contributed by atoms with E-state index in [1.165, 1.54) is 13.3 Å². The summed E-state index contributed by atoms with van der Waals surface area (Å²) in [6, 6.07) is 10.3. The number of fused-ring (bicyclic) bond motifs is 5. The third-order valence-corrected chi connectivity index (χ3v) is 5.96.